The molecule has 0 N–H and O–H groups in total. The van der Waals surface area contributed by atoms with Gasteiger partial charge in [-0.15, -0.1) is 0 Å². The number of rotatable bonds is 3. The Morgan fingerprint density at radius 1 is 1.44 bits per heavy atom. The van der Waals surface area contributed by atoms with Crippen LogP contribution in [0.1, 0.15) is 23.9 Å². The molecule has 4 heteroatoms. The van der Waals surface area contributed by atoms with Crippen LogP contribution in [0.3, 0.4) is 0 Å². The maximum atomic E-state index is 6.03. The number of aromatic nitrogens is 3. The quantitative estimate of drug-likeness (QED) is 0.766. The summed E-state index contributed by atoms with van der Waals surface area (Å²) < 4.78 is 1.90. The number of aryl methyl sites for hydroxylation is 2. The van der Waals surface area contributed by atoms with Crippen LogP contribution in [0.2, 0.25) is 5.15 Å². The Bertz CT molecular complexity index is 491. The molecule has 3 nitrogen and oxygen atoms in total. The van der Waals surface area contributed by atoms with E-state index in [4.69, 9.17) is 11.6 Å². The summed E-state index contributed by atoms with van der Waals surface area (Å²) in [5, 5.41) is 4.98. The molecule has 2 aromatic heterocycles. The van der Waals surface area contributed by atoms with E-state index >= 15 is 0 Å². The Morgan fingerprint density at radius 2 is 2.25 bits per heavy atom. The largest absolute Gasteiger partial charge is 0.272 e. The lowest BCUT2D eigenvalue weighted by Crippen LogP contribution is -2.00. The van der Waals surface area contributed by atoms with Crippen LogP contribution in [-0.2, 0) is 19.9 Å². The zero-order chi connectivity index (χ0) is 11.5. The second-order valence-corrected chi connectivity index (χ2v) is 4.09. The average molecular weight is 236 g/mol. The van der Waals surface area contributed by atoms with Gasteiger partial charge in [-0.2, -0.15) is 5.10 Å². The van der Waals surface area contributed by atoms with E-state index < -0.39 is 0 Å². The molecule has 0 fully saturated rings. The lowest BCUT2D eigenvalue weighted by molar-refractivity contribution is 0.709. The highest BCUT2D eigenvalue weighted by atomic mass is 35.5. The fourth-order valence-electron chi connectivity index (χ4n) is 1.66. The van der Waals surface area contributed by atoms with Gasteiger partial charge in [0.15, 0.2) is 0 Å². The fraction of sp³-hybridized carbons (Fsp3) is 0.333. The van der Waals surface area contributed by atoms with Crippen molar-refractivity contribution in [3.8, 4) is 0 Å². The molecule has 0 aliphatic carbocycles. The first-order chi connectivity index (χ1) is 7.70. The highest BCUT2D eigenvalue weighted by Crippen LogP contribution is 2.16. The number of nitrogens with zero attached hydrogens (tertiary/aromatic N) is 3. The summed E-state index contributed by atoms with van der Waals surface area (Å²) in [7, 11) is 1.96. The van der Waals surface area contributed by atoms with Gasteiger partial charge in [-0.1, -0.05) is 24.6 Å². The molecule has 2 rings (SSSR count). The van der Waals surface area contributed by atoms with Crippen molar-refractivity contribution in [2.24, 2.45) is 7.05 Å². The molecular formula is C12H14ClN3. The van der Waals surface area contributed by atoms with Crippen LogP contribution >= 0.6 is 11.6 Å². The minimum absolute atomic E-state index is 0.571. The number of pyridine rings is 1. The Balaban J connectivity index is 2.27. The normalized spacial score (nSPS) is 10.7. The fourth-order valence-corrected chi connectivity index (χ4v) is 1.84. The van der Waals surface area contributed by atoms with Gasteiger partial charge >= 0.3 is 0 Å². The summed E-state index contributed by atoms with van der Waals surface area (Å²) in [6.45, 7) is 2.10. The molecule has 0 atom stereocenters. The van der Waals surface area contributed by atoms with E-state index in [0.717, 1.165) is 29.8 Å². The van der Waals surface area contributed by atoms with Crippen molar-refractivity contribution in [1.29, 1.82) is 0 Å². The van der Waals surface area contributed by atoms with Crippen molar-refractivity contribution in [1.82, 2.24) is 14.8 Å². The Labute approximate surface area is 100 Å². The average Bonchev–Trinajstić information content (AvgIpc) is 2.63. The molecule has 0 radical (unpaired) electrons. The molecule has 0 aliphatic heterocycles. The van der Waals surface area contributed by atoms with Crippen molar-refractivity contribution >= 4 is 11.6 Å². The summed E-state index contributed by atoms with van der Waals surface area (Å²) in [5.74, 6) is 0. The molecule has 0 aliphatic rings. The molecule has 0 saturated heterocycles. The molecule has 16 heavy (non-hydrogen) atoms. The maximum absolute atomic E-state index is 6.03. The van der Waals surface area contributed by atoms with E-state index in [1.54, 1.807) is 6.20 Å². The van der Waals surface area contributed by atoms with Gasteiger partial charge in [0.25, 0.3) is 0 Å². The van der Waals surface area contributed by atoms with Gasteiger partial charge in [0.05, 0.1) is 5.69 Å². The van der Waals surface area contributed by atoms with Crippen LogP contribution in [0.15, 0.2) is 24.4 Å². The molecular weight excluding hydrogens is 222 g/mol. The maximum Gasteiger partial charge on any atom is 0.132 e. The van der Waals surface area contributed by atoms with E-state index in [0.29, 0.717) is 5.15 Å². The second kappa shape index (κ2) is 4.66. The first-order valence-electron chi connectivity index (χ1n) is 5.32. The van der Waals surface area contributed by atoms with E-state index in [2.05, 4.69) is 23.1 Å². The van der Waals surface area contributed by atoms with E-state index in [9.17, 15) is 0 Å². The van der Waals surface area contributed by atoms with Gasteiger partial charge < -0.3 is 0 Å². The van der Waals surface area contributed by atoms with Crippen molar-refractivity contribution < 1.29 is 0 Å². The van der Waals surface area contributed by atoms with E-state index in [1.807, 2.05) is 23.9 Å². The Kier molecular flexibility index (Phi) is 3.25. The molecule has 0 amide bonds. The molecule has 0 bridgehead atoms. The molecule has 0 unspecified atom stereocenters. The van der Waals surface area contributed by atoms with E-state index in [-0.39, 0.29) is 0 Å². The van der Waals surface area contributed by atoms with Crippen LogP contribution in [0, 0.1) is 0 Å². The van der Waals surface area contributed by atoms with Crippen molar-refractivity contribution in [3.63, 3.8) is 0 Å². The topological polar surface area (TPSA) is 30.7 Å². The van der Waals surface area contributed by atoms with Gasteiger partial charge in [-0.3, -0.25) is 4.68 Å². The van der Waals surface area contributed by atoms with Crippen LogP contribution in [0.4, 0.5) is 0 Å². The highest BCUT2D eigenvalue weighted by molar-refractivity contribution is 6.30. The highest BCUT2D eigenvalue weighted by Gasteiger charge is 2.07. The number of halogens is 1. The van der Waals surface area contributed by atoms with Gasteiger partial charge in [0, 0.05) is 25.4 Å². The summed E-state index contributed by atoms with van der Waals surface area (Å²) in [5.41, 5.74) is 3.30. The van der Waals surface area contributed by atoms with Gasteiger partial charge in [0.2, 0.25) is 0 Å². The third kappa shape index (κ3) is 2.25. The summed E-state index contributed by atoms with van der Waals surface area (Å²) in [6.07, 6.45) is 3.43. The second-order valence-electron chi connectivity index (χ2n) is 3.73. The third-order valence-corrected chi connectivity index (χ3v) is 2.94. The van der Waals surface area contributed by atoms with Gasteiger partial charge in [-0.05, 0) is 24.1 Å². The first kappa shape index (κ1) is 11.1. The molecule has 0 spiro atoms. The standard InChI is InChI=1S/C12H14ClN3/c1-3-10-8-11(16(2)15-10)7-9-5-4-6-14-12(9)13/h4-6,8H,3,7H2,1-2H3. The van der Waals surface area contributed by atoms with E-state index in [1.165, 1.54) is 0 Å². The number of hydrogen-bond donors (Lipinski definition) is 0. The summed E-state index contributed by atoms with van der Waals surface area (Å²) in [6, 6.07) is 6.01. The predicted octanol–water partition coefficient (Wildman–Crippen LogP) is 2.62. The minimum Gasteiger partial charge on any atom is -0.272 e. The SMILES string of the molecule is CCc1cc(Cc2cccnc2Cl)n(C)n1. The summed E-state index contributed by atoms with van der Waals surface area (Å²) in [4.78, 5) is 4.07. The number of hydrogen-bond acceptors (Lipinski definition) is 2. The first-order valence-corrected chi connectivity index (χ1v) is 5.69. The Morgan fingerprint density at radius 3 is 2.88 bits per heavy atom. The minimum atomic E-state index is 0.571. The van der Waals surface area contributed by atoms with Crippen molar-refractivity contribution in [2.45, 2.75) is 19.8 Å². The Hall–Kier alpha value is -1.35. The zero-order valence-corrected chi connectivity index (χ0v) is 10.2. The molecule has 2 heterocycles. The van der Waals surface area contributed by atoms with Crippen molar-refractivity contribution in [2.75, 3.05) is 0 Å². The molecule has 2 aromatic rings. The molecule has 0 aromatic carbocycles. The third-order valence-electron chi connectivity index (χ3n) is 2.60. The van der Waals surface area contributed by atoms with Crippen molar-refractivity contribution in [3.05, 3.63) is 46.5 Å². The predicted molar refractivity (Wildman–Crippen MR) is 64.6 cm³/mol. The molecule has 84 valence electrons. The van der Waals surface area contributed by atoms with Gasteiger partial charge in [0.1, 0.15) is 5.15 Å². The van der Waals surface area contributed by atoms with Crippen LogP contribution in [0.5, 0.6) is 0 Å². The summed E-state index contributed by atoms with van der Waals surface area (Å²) >= 11 is 6.03. The lowest BCUT2D eigenvalue weighted by atomic mass is 10.1. The monoisotopic (exact) mass is 235 g/mol. The van der Waals surface area contributed by atoms with Crippen LogP contribution in [0.25, 0.3) is 0 Å². The van der Waals surface area contributed by atoms with Crippen LogP contribution in [-0.4, -0.2) is 14.8 Å². The smallest absolute Gasteiger partial charge is 0.132 e. The zero-order valence-electron chi connectivity index (χ0n) is 9.44. The van der Waals surface area contributed by atoms with Gasteiger partial charge in [-0.25, -0.2) is 4.98 Å². The lowest BCUT2D eigenvalue weighted by Gasteiger charge is -2.03. The van der Waals surface area contributed by atoms with Crippen LogP contribution < -0.4 is 0 Å². The molecule has 0 saturated carbocycles.